The highest BCUT2D eigenvalue weighted by Gasteiger charge is 2.19. The largest absolute Gasteiger partial charge is 0.472 e. The minimum Gasteiger partial charge on any atom is -0.472 e. The van der Waals surface area contributed by atoms with Gasteiger partial charge in [-0.15, -0.1) is 0 Å². The van der Waals surface area contributed by atoms with Gasteiger partial charge in [-0.1, -0.05) is 0 Å². The summed E-state index contributed by atoms with van der Waals surface area (Å²) in [5, 5.41) is 2.61. The van der Waals surface area contributed by atoms with Crippen molar-refractivity contribution in [1.82, 2.24) is 0 Å². The van der Waals surface area contributed by atoms with Crippen molar-refractivity contribution in [1.29, 1.82) is 0 Å². The van der Waals surface area contributed by atoms with E-state index in [0.29, 0.717) is 11.3 Å². The van der Waals surface area contributed by atoms with Crippen molar-refractivity contribution < 1.29 is 23.5 Å². The molecule has 0 aliphatic carbocycles. The monoisotopic (exact) mass is 301 g/mol. The standard InChI is InChI=1S/C16H15NO5/c1-10(18)12-3-5-14(6-4-12)17-15(19)11(2)22-16(20)13-7-8-21-9-13/h3-9,11H,1-2H3,(H,17,19). The van der Waals surface area contributed by atoms with Gasteiger partial charge in [0.05, 0.1) is 11.8 Å². The Morgan fingerprint density at radius 3 is 2.32 bits per heavy atom. The number of ketones is 1. The third kappa shape index (κ3) is 3.82. The second-order valence-corrected chi connectivity index (χ2v) is 4.68. The van der Waals surface area contributed by atoms with Crippen LogP contribution < -0.4 is 5.32 Å². The lowest BCUT2D eigenvalue weighted by atomic mass is 10.1. The summed E-state index contributed by atoms with van der Waals surface area (Å²) in [5.74, 6) is -1.16. The first kappa shape index (κ1) is 15.5. The molecular formula is C16H15NO5. The third-order valence-corrected chi connectivity index (χ3v) is 2.97. The van der Waals surface area contributed by atoms with Crippen molar-refractivity contribution in [3.63, 3.8) is 0 Å². The predicted molar refractivity (Wildman–Crippen MR) is 78.7 cm³/mol. The number of hydrogen-bond acceptors (Lipinski definition) is 5. The molecule has 0 radical (unpaired) electrons. The van der Waals surface area contributed by atoms with Crippen LogP contribution in [0.15, 0.2) is 47.3 Å². The Kier molecular flexibility index (Phi) is 4.73. The highest BCUT2D eigenvalue weighted by Crippen LogP contribution is 2.12. The molecule has 6 nitrogen and oxygen atoms in total. The first-order valence-corrected chi connectivity index (χ1v) is 6.62. The molecule has 1 unspecified atom stereocenters. The number of anilines is 1. The van der Waals surface area contributed by atoms with Crippen molar-refractivity contribution in [2.45, 2.75) is 20.0 Å². The van der Waals surface area contributed by atoms with E-state index in [1.807, 2.05) is 0 Å². The Bertz CT molecular complexity index is 673. The molecule has 1 aromatic carbocycles. The van der Waals surface area contributed by atoms with Crippen LogP contribution in [0.1, 0.15) is 34.6 Å². The van der Waals surface area contributed by atoms with Gasteiger partial charge in [0.15, 0.2) is 11.9 Å². The van der Waals surface area contributed by atoms with Crippen molar-refractivity contribution in [3.05, 3.63) is 54.0 Å². The first-order valence-electron chi connectivity index (χ1n) is 6.62. The number of furan rings is 1. The summed E-state index contributed by atoms with van der Waals surface area (Å²) in [5.41, 5.74) is 1.31. The fourth-order valence-electron chi connectivity index (χ4n) is 1.69. The molecule has 1 atom stereocenters. The topological polar surface area (TPSA) is 85.6 Å². The molecule has 2 rings (SSSR count). The van der Waals surface area contributed by atoms with Crippen LogP contribution in [-0.4, -0.2) is 23.8 Å². The van der Waals surface area contributed by atoms with Gasteiger partial charge >= 0.3 is 5.97 Å². The molecule has 0 saturated carbocycles. The normalized spacial score (nSPS) is 11.5. The lowest BCUT2D eigenvalue weighted by Crippen LogP contribution is -2.29. The Balaban J connectivity index is 1.93. The Morgan fingerprint density at radius 2 is 1.77 bits per heavy atom. The van der Waals surface area contributed by atoms with E-state index in [0.717, 1.165) is 0 Å². The maximum Gasteiger partial charge on any atom is 0.342 e. The second-order valence-electron chi connectivity index (χ2n) is 4.68. The van der Waals surface area contributed by atoms with Gasteiger partial charge in [-0.3, -0.25) is 9.59 Å². The SMILES string of the molecule is CC(=O)c1ccc(NC(=O)C(C)OC(=O)c2ccoc2)cc1. The quantitative estimate of drug-likeness (QED) is 0.678. The number of ether oxygens (including phenoxy) is 1. The van der Waals surface area contributed by atoms with Gasteiger partial charge in [0.25, 0.3) is 5.91 Å². The number of carbonyl (C=O) groups is 3. The zero-order valence-electron chi connectivity index (χ0n) is 12.2. The van der Waals surface area contributed by atoms with Crippen LogP contribution in [0.3, 0.4) is 0 Å². The number of rotatable bonds is 5. The molecule has 6 heteroatoms. The number of benzene rings is 1. The Morgan fingerprint density at radius 1 is 1.09 bits per heavy atom. The lowest BCUT2D eigenvalue weighted by Gasteiger charge is -2.13. The Hall–Kier alpha value is -2.89. The molecule has 1 aromatic heterocycles. The molecule has 2 aromatic rings. The number of esters is 1. The van der Waals surface area contributed by atoms with Crippen LogP contribution >= 0.6 is 0 Å². The summed E-state index contributed by atoms with van der Waals surface area (Å²) in [6, 6.07) is 7.89. The highest BCUT2D eigenvalue weighted by molar-refractivity contribution is 5.98. The van der Waals surface area contributed by atoms with Crippen LogP contribution in [0.5, 0.6) is 0 Å². The van der Waals surface area contributed by atoms with Crippen LogP contribution in [0.25, 0.3) is 0 Å². The molecule has 114 valence electrons. The third-order valence-electron chi connectivity index (χ3n) is 2.97. The zero-order valence-corrected chi connectivity index (χ0v) is 12.2. The van der Waals surface area contributed by atoms with Crippen LogP contribution in [0.2, 0.25) is 0 Å². The van der Waals surface area contributed by atoms with Gasteiger partial charge in [-0.05, 0) is 44.2 Å². The van der Waals surface area contributed by atoms with Gasteiger partial charge in [-0.2, -0.15) is 0 Å². The number of Topliss-reactive ketones (excluding diaryl/α,β-unsaturated/α-hetero) is 1. The molecule has 0 aliphatic heterocycles. The summed E-state index contributed by atoms with van der Waals surface area (Å²) in [6.45, 7) is 2.93. The van der Waals surface area contributed by atoms with E-state index in [2.05, 4.69) is 5.32 Å². The molecule has 0 bridgehead atoms. The molecule has 1 heterocycles. The van der Waals surface area contributed by atoms with Crippen molar-refractivity contribution in [2.75, 3.05) is 5.32 Å². The van der Waals surface area contributed by atoms with Crippen molar-refractivity contribution >= 4 is 23.3 Å². The van der Waals surface area contributed by atoms with E-state index < -0.39 is 18.0 Å². The maximum absolute atomic E-state index is 12.0. The van der Waals surface area contributed by atoms with Crippen LogP contribution in [-0.2, 0) is 9.53 Å². The minimum absolute atomic E-state index is 0.0553. The lowest BCUT2D eigenvalue weighted by molar-refractivity contribution is -0.123. The molecule has 22 heavy (non-hydrogen) atoms. The van der Waals surface area contributed by atoms with Gasteiger partial charge in [0.2, 0.25) is 0 Å². The van der Waals surface area contributed by atoms with E-state index in [1.54, 1.807) is 24.3 Å². The smallest absolute Gasteiger partial charge is 0.342 e. The van der Waals surface area contributed by atoms with Crippen molar-refractivity contribution in [3.8, 4) is 0 Å². The summed E-state index contributed by atoms with van der Waals surface area (Å²) >= 11 is 0. The molecule has 0 spiro atoms. The molecule has 1 amide bonds. The van der Waals surface area contributed by atoms with Gasteiger partial charge in [0, 0.05) is 11.3 Å². The maximum atomic E-state index is 12.0. The van der Waals surface area contributed by atoms with Crippen LogP contribution in [0, 0.1) is 0 Å². The van der Waals surface area contributed by atoms with E-state index in [1.165, 1.54) is 32.4 Å². The predicted octanol–water partition coefficient (Wildman–Crippen LogP) is 2.67. The Labute approximate surface area is 127 Å². The van der Waals surface area contributed by atoms with E-state index in [9.17, 15) is 14.4 Å². The molecular weight excluding hydrogens is 286 g/mol. The number of nitrogens with one attached hydrogen (secondary N) is 1. The fraction of sp³-hybridized carbons (Fsp3) is 0.188. The van der Waals surface area contributed by atoms with Gasteiger partial charge < -0.3 is 14.5 Å². The van der Waals surface area contributed by atoms with E-state index in [-0.39, 0.29) is 11.3 Å². The average molecular weight is 301 g/mol. The fourth-order valence-corrected chi connectivity index (χ4v) is 1.69. The van der Waals surface area contributed by atoms with Crippen LogP contribution in [0.4, 0.5) is 5.69 Å². The van der Waals surface area contributed by atoms with Crippen molar-refractivity contribution in [2.24, 2.45) is 0 Å². The molecule has 0 saturated heterocycles. The summed E-state index contributed by atoms with van der Waals surface area (Å²) in [7, 11) is 0. The summed E-state index contributed by atoms with van der Waals surface area (Å²) in [6.07, 6.45) is 1.63. The average Bonchev–Trinajstić information content (AvgIpc) is 3.02. The second kappa shape index (κ2) is 6.71. The minimum atomic E-state index is -0.963. The molecule has 1 N–H and O–H groups in total. The van der Waals surface area contributed by atoms with E-state index >= 15 is 0 Å². The zero-order chi connectivity index (χ0) is 16.1. The summed E-state index contributed by atoms with van der Waals surface area (Å²) < 4.78 is 9.80. The molecule has 0 aliphatic rings. The first-order chi connectivity index (χ1) is 10.5. The molecule has 0 fully saturated rings. The number of carbonyl (C=O) groups excluding carboxylic acids is 3. The number of amides is 1. The highest BCUT2D eigenvalue weighted by atomic mass is 16.5. The van der Waals surface area contributed by atoms with E-state index in [4.69, 9.17) is 9.15 Å². The summed E-state index contributed by atoms with van der Waals surface area (Å²) in [4.78, 5) is 34.8. The van der Waals surface area contributed by atoms with Gasteiger partial charge in [-0.25, -0.2) is 4.79 Å². The van der Waals surface area contributed by atoms with Gasteiger partial charge in [0.1, 0.15) is 6.26 Å². The number of hydrogen-bond donors (Lipinski definition) is 1.